The second-order valence-electron chi connectivity index (χ2n) is 8.24. The van der Waals surface area contributed by atoms with Crippen LogP contribution >= 0.6 is 24.4 Å². The van der Waals surface area contributed by atoms with Crippen LogP contribution in [-0.4, -0.2) is 61.4 Å². The van der Waals surface area contributed by atoms with Gasteiger partial charge in [0.15, 0.2) is 0 Å². The molecule has 1 amide bonds. The molecule has 0 aliphatic carbocycles. The van der Waals surface area contributed by atoms with Crippen molar-refractivity contribution in [1.82, 2.24) is 10.6 Å². The Bertz CT molecular complexity index is 926. The standard InChI is InChI=1S/C25H33N3O3S2/c1-31-25(30)23(10-11-33-2)28-24(29)22-14-19(26-15-20-13-21(32)16-27-20)9-8-18(22)12-17-6-4-3-5-7-17/h3-9,14,20-21,23,26-27,32H,10-13,15-16H2,1-2H3,(H,28,29)/t20-,21-,23-/m0/s1. The average molecular weight is 488 g/mol. The van der Waals surface area contributed by atoms with Crippen LogP contribution in [0.4, 0.5) is 5.69 Å². The Morgan fingerprint density at radius 2 is 2.03 bits per heavy atom. The molecule has 0 bridgehead atoms. The maximum atomic E-state index is 13.3. The molecule has 0 saturated carbocycles. The second-order valence-corrected chi connectivity index (χ2v) is 9.96. The summed E-state index contributed by atoms with van der Waals surface area (Å²) in [4.78, 5) is 25.6. The number of thiol groups is 1. The summed E-state index contributed by atoms with van der Waals surface area (Å²) in [7, 11) is 1.35. The minimum absolute atomic E-state index is 0.268. The highest BCUT2D eigenvalue weighted by atomic mass is 32.2. The molecule has 178 valence electrons. The van der Waals surface area contributed by atoms with E-state index in [2.05, 4.69) is 28.6 Å². The van der Waals surface area contributed by atoms with Crippen LogP contribution < -0.4 is 16.0 Å². The fraction of sp³-hybridized carbons (Fsp3) is 0.440. The quantitative estimate of drug-likeness (QED) is 0.288. The van der Waals surface area contributed by atoms with Gasteiger partial charge in [-0.05, 0) is 54.5 Å². The van der Waals surface area contributed by atoms with E-state index in [0.29, 0.717) is 29.7 Å². The Morgan fingerprint density at radius 1 is 1.24 bits per heavy atom. The summed E-state index contributed by atoms with van der Waals surface area (Å²) in [5.74, 6) is 0.0550. The zero-order valence-corrected chi connectivity index (χ0v) is 20.9. The van der Waals surface area contributed by atoms with Gasteiger partial charge in [0.25, 0.3) is 5.91 Å². The van der Waals surface area contributed by atoms with Gasteiger partial charge in [-0.3, -0.25) is 4.79 Å². The van der Waals surface area contributed by atoms with Crippen LogP contribution in [0, 0.1) is 0 Å². The molecule has 0 spiro atoms. The molecule has 8 heteroatoms. The number of methoxy groups -OCH3 is 1. The first-order chi connectivity index (χ1) is 16.0. The first kappa shape index (κ1) is 25.5. The lowest BCUT2D eigenvalue weighted by Gasteiger charge is -2.19. The Balaban J connectivity index is 1.80. The summed E-state index contributed by atoms with van der Waals surface area (Å²) >= 11 is 6.16. The van der Waals surface area contributed by atoms with Crippen molar-refractivity contribution < 1.29 is 14.3 Å². The van der Waals surface area contributed by atoms with Crippen molar-refractivity contribution in [2.75, 3.05) is 37.5 Å². The van der Waals surface area contributed by atoms with E-state index in [9.17, 15) is 9.59 Å². The molecule has 1 aliphatic heterocycles. The van der Waals surface area contributed by atoms with Crippen molar-refractivity contribution in [3.63, 3.8) is 0 Å². The number of anilines is 1. The highest BCUT2D eigenvalue weighted by molar-refractivity contribution is 7.98. The number of esters is 1. The Hall–Kier alpha value is -2.16. The third kappa shape index (κ3) is 7.69. The van der Waals surface area contributed by atoms with Gasteiger partial charge in [0.2, 0.25) is 0 Å². The van der Waals surface area contributed by atoms with E-state index in [4.69, 9.17) is 4.74 Å². The molecule has 3 atom stereocenters. The molecule has 1 aliphatic rings. The molecular formula is C25H33N3O3S2. The summed E-state index contributed by atoms with van der Waals surface area (Å²) in [6.45, 7) is 1.67. The van der Waals surface area contributed by atoms with Gasteiger partial charge in [-0.25, -0.2) is 4.79 Å². The predicted octanol–water partition coefficient (Wildman–Crippen LogP) is 3.37. The predicted molar refractivity (Wildman–Crippen MR) is 140 cm³/mol. The van der Waals surface area contributed by atoms with E-state index >= 15 is 0 Å². The van der Waals surface area contributed by atoms with Gasteiger partial charge >= 0.3 is 5.97 Å². The average Bonchev–Trinajstić information content (AvgIpc) is 3.26. The van der Waals surface area contributed by atoms with Gasteiger partial charge in [0.1, 0.15) is 6.04 Å². The van der Waals surface area contributed by atoms with Crippen molar-refractivity contribution in [2.24, 2.45) is 0 Å². The van der Waals surface area contributed by atoms with Crippen molar-refractivity contribution in [3.8, 4) is 0 Å². The van der Waals surface area contributed by atoms with Crippen LogP contribution in [-0.2, 0) is 16.0 Å². The molecule has 1 fully saturated rings. The van der Waals surface area contributed by atoms with E-state index in [0.717, 1.165) is 42.1 Å². The fourth-order valence-electron chi connectivity index (χ4n) is 3.92. The minimum Gasteiger partial charge on any atom is -0.467 e. The first-order valence-electron chi connectivity index (χ1n) is 11.2. The summed E-state index contributed by atoms with van der Waals surface area (Å²) < 4.78 is 4.91. The highest BCUT2D eigenvalue weighted by Gasteiger charge is 2.24. The number of ether oxygens (including phenoxy) is 1. The van der Waals surface area contributed by atoms with E-state index in [1.165, 1.54) is 7.11 Å². The van der Waals surface area contributed by atoms with Gasteiger partial charge in [0, 0.05) is 35.6 Å². The number of benzene rings is 2. The smallest absolute Gasteiger partial charge is 0.328 e. The van der Waals surface area contributed by atoms with Gasteiger partial charge in [0.05, 0.1) is 7.11 Å². The minimum atomic E-state index is -0.675. The summed E-state index contributed by atoms with van der Waals surface area (Å²) in [5.41, 5.74) is 3.47. The Morgan fingerprint density at radius 3 is 2.70 bits per heavy atom. The number of hydrogen-bond donors (Lipinski definition) is 4. The molecule has 0 aromatic heterocycles. The number of nitrogens with one attached hydrogen (secondary N) is 3. The summed E-state index contributed by atoms with van der Waals surface area (Å²) in [6, 6.07) is 15.6. The van der Waals surface area contributed by atoms with Gasteiger partial charge < -0.3 is 20.7 Å². The van der Waals surface area contributed by atoms with Gasteiger partial charge in [-0.1, -0.05) is 36.4 Å². The lowest BCUT2D eigenvalue weighted by molar-refractivity contribution is -0.142. The van der Waals surface area contributed by atoms with Gasteiger partial charge in [-0.15, -0.1) is 0 Å². The zero-order valence-electron chi connectivity index (χ0n) is 19.2. The highest BCUT2D eigenvalue weighted by Crippen LogP contribution is 2.21. The maximum Gasteiger partial charge on any atom is 0.328 e. The largest absolute Gasteiger partial charge is 0.467 e. The molecule has 3 N–H and O–H groups in total. The SMILES string of the molecule is COC(=O)[C@H](CCSC)NC(=O)c1cc(NC[C@@H]2C[C@H](S)CN2)ccc1Cc1ccccc1. The van der Waals surface area contributed by atoms with Gasteiger partial charge in [-0.2, -0.15) is 24.4 Å². The normalized spacial score (nSPS) is 18.5. The molecular weight excluding hydrogens is 454 g/mol. The number of carbonyl (C=O) groups excluding carboxylic acids is 2. The molecule has 0 unspecified atom stereocenters. The van der Waals surface area contributed by atoms with Crippen LogP contribution in [0.25, 0.3) is 0 Å². The summed E-state index contributed by atoms with van der Waals surface area (Å²) in [6.07, 6.45) is 4.12. The molecule has 6 nitrogen and oxygen atoms in total. The topological polar surface area (TPSA) is 79.5 Å². The van der Waals surface area contributed by atoms with Crippen molar-refractivity contribution in [2.45, 2.75) is 36.6 Å². The Labute approximate surface area is 206 Å². The van der Waals surface area contributed by atoms with Crippen molar-refractivity contribution in [3.05, 3.63) is 65.2 Å². The monoisotopic (exact) mass is 487 g/mol. The number of hydrogen-bond acceptors (Lipinski definition) is 7. The zero-order chi connectivity index (χ0) is 23.6. The van der Waals surface area contributed by atoms with Crippen molar-refractivity contribution in [1.29, 1.82) is 0 Å². The van der Waals surface area contributed by atoms with Crippen LogP contribution in [0.15, 0.2) is 48.5 Å². The lowest BCUT2D eigenvalue weighted by atomic mass is 9.98. The van der Waals surface area contributed by atoms with Crippen LogP contribution in [0.2, 0.25) is 0 Å². The third-order valence-corrected chi connectivity index (χ3v) is 6.78. The van der Waals surface area contributed by atoms with E-state index in [-0.39, 0.29) is 5.91 Å². The lowest BCUT2D eigenvalue weighted by Crippen LogP contribution is -2.42. The van der Waals surface area contributed by atoms with Crippen molar-refractivity contribution >= 4 is 42.0 Å². The third-order valence-electron chi connectivity index (χ3n) is 5.74. The number of rotatable bonds is 11. The molecule has 1 saturated heterocycles. The number of carbonyl (C=O) groups is 2. The molecule has 2 aromatic carbocycles. The molecule has 2 aromatic rings. The Kier molecular flexibility index (Phi) is 9.96. The van der Waals surface area contributed by atoms with E-state index in [1.54, 1.807) is 11.8 Å². The van der Waals surface area contributed by atoms with E-state index < -0.39 is 12.0 Å². The second kappa shape index (κ2) is 12.9. The molecule has 33 heavy (non-hydrogen) atoms. The van der Waals surface area contributed by atoms with E-state index in [1.807, 2.05) is 54.8 Å². The maximum absolute atomic E-state index is 13.3. The van der Waals surface area contributed by atoms with Crippen LogP contribution in [0.3, 0.4) is 0 Å². The van der Waals surface area contributed by atoms with Crippen LogP contribution in [0.5, 0.6) is 0 Å². The molecule has 0 radical (unpaired) electrons. The number of thioether (sulfide) groups is 1. The fourth-order valence-corrected chi connectivity index (χ4v) is 4.76. The first-order valence-corrected chi connectivity index (χ1v) is 13.1. The van der Waals surface area contributed by atoms with Crippen LogP contribution in [0.1, 0.15) is 34.3 Å². The summed E-state index contributed by atoms with van der Waals surface area (Å²) in [5, 5.41) is 10.2. The number of amides is 1. The molecule has 3 rings (SSSR count). The molecule has 1 heterocycles.